The van der Waals surface area contributed by atoms with Gasteiger partial charge in [0.1, 0.15) is 0 Å². The fraction of sp³-hybridized carbons (Fsp3) is 0.167. The van der Waals surface area contributed by atoms with E-state index in [4.69, 9.17) is 0 Å². The Kier molecular flexibility index (Phi) is 2.73. The van der Waals surface area contributed by atoms with Crippen molar-refractivity contribution in [2.24, 2.45) is 0 Å². The minimum Gasteiger partial charge on any atom is -0.350 e. The van der Waals surface area contributed by atoms with E-state index in [2.05, 4.69) is 0 Å². The maximum atomic E-state index is 12.4. The Hall–Kier alpha value is -1.71. The monoisotopic (exact) mass is 225 g/mol. The highest BCUT2D eigenvalue weighted by molar-refractivity contribution is 5.26. The van der Waals surface area contributed by atoms with E-state index in [-0.39, 0.29) is 0 Å². The Morgan fingerprint density at radius 2 is 1.69 bits per heavy atom. The zero-order valence-corrected chi connectivity index (χ0v) is 8.41. The van der Waals surface area contributed by atoms with Gasteiger partial charge in [-0.05, 0) is 29.8 Å². The van der Waals surface area contributed by atoms with Crippen LogP contribution in [0.4, 0.5) is 13.2 Å². The third-order valence-electron chi connectivity index (χ3n) is 2.29. The highest BCUT2D eigenvalue weighted by atomic mass is 19.4. The number of aromatic nitrogens is 1. The van der Waals surface area contributed by atoms with E-state index < -0.39 is 11.7 Å². The molecule has 0 bridgehead atoms. The van der Waals surface area contributed by atoms with Crippen LogP contribution < -0.4 is 0 Å². The van der Waals surface area contributed by atoms with Gasteiger partial charge in [0.15, 0.2) is 0 Å². The van der Waals surface area contributed by atoms with Crippen LogP contribution in [0, 0.1) is 0 Å². The molecule has 2 rings (SSSR count). The maximum absolute atomic E-state index is 12.4. The summed E-state index contributed by atoms with van der Waals surface area (Å²) < 4.78 is 39.1. The lowest BCUT2D eigenvalue weighted by Gasteiger charge is -2.09. The van der Waals surface area contributed by atoms with Gasteiger partial charge in [0.25, 0.3) is 0 Å². The second-order valence-electron chi connectivity index (χ2n) is 3.55. The topological polar surface area (TPSA) is 4.93 Å². The molecule has 0 radical (unpaired) electrons. The molecule has 0 fully saturated rings. The molecule has 0 aliphatic carbocycles. The summed E-state index contributed by atoms with van der Waals surface area (Å²) in [6.07, 6.45) is -0.632. The zero-order valence-electron chi connectivity index (χ0n) is 8.41. The number of benzene rings is 1. The Labute approximate surface area is 91.1 Å². The van der Waals surface area contributed by atoms with Crippen LogP contribution in [-0.4, -0.2) is 4.57 Å². The lowest BCUT2D eigenvalue weighted by molar-refractivity contribution is -0.137. The average Bonchev–Trinajstić information content (AvgIpc) is 2.70. The van der Waals surface area contributed by atoms with Crippen LogP contribution >= 0.6 is 0 Å². The second-order valence-corrected chi connectivity index (χ2v) is 3.55. The quantitative estimate of drug-likeness (QED) is 0.736. The van der Waals surface area contributed by atoms with E-state index in [9.17, 15) is 13.2 Å². The van der Waals surface area contributed by atoms with Gasteiger partial charge < -0.3 is 4.57 Å². The second kappa shape index (κ2) is 4.04. The number of alkyl halides is 3. The Bertz CT molecular complexity index is 457. The lowest BCUT2D eigenvalue weighted by Crippen LogP contribution is -2.06. The van der Waals surface area contributed by atoms with Gasteiger partial charge in [-0.2, -0.15) is 13.2 Å². The summed E-state index contributed by atoms with van der Waals surface area (Å²) in [7, 11) is 0. The molecule has 0 aliphatic rings. The number of halogens is 3. The summed E-state index contributed by atoms with van der Waals surface area (Å²) in [4.78, 5) is 0. The van der Waals surface area contributed by atoms with E-state index in [1.165, 1.54) is 12.1 Å². The number of hydrogen-bond donors (Lipinski definition) is 0. The van der Waals surface area contributed by atoms with Crippen molar-refractivity contribution >= 4 is 0 Å². The predicted molar refractivity (Wildman–Crippen MR) is 55.0 cm³/mol. The van der Waals surface area contributed by atoms with Crippen molar-refractivity contribution in [1.29, 1.82) is 0 Å². The summed E-state index contributed by atoms with van der Waals surface area (Å²) >= 11 is 0. The fourth-order valence-electron chi connectivity index (χ4n) is 1.53. The van der Waals surface area contributed by atoms with E-state index in [0.29, 0.717) is 12.1 Å². The fourth-order valence-corrected chi connectivity index (χ4v) is 1.53. The third-order valence-corrected chi connectivity index (χ3v) is 2.29. The van der Waals surface area contributed by atoms with Crippen LogP contribution in [0.25, 0.3) is 0 Å². The first kappa shape index (κ1) is 10.8. The SMILES string of the molecule is FC(F)(F)c1cccc(Cn2cccc2)c1. The van der Waals surface area contributed by atoms with Gasteiger partial charge in [-0.1, -0.05) is 12.1 Å². The molecule has 0 aliphatic heterocycles. The van der Waals surface area contributed by atoms with Crippen molar-refractivity contribution < 1.29 is 13.2 Å². The van der Waals surface area contributed by atoms with Crippen LogP contribution in [0.5, 0.6) is 0 Å². The van der Waals surface area contributed by atoms with E-state index in [0.717, 1.165) is 6.07 Å². The molecular weight excluding hydrogens is 215 g/mol. The third kappa shape index (κ3) is 2.45. The summed E-state index contributed by atoms with van der Waals surface area (Å²) in [5.74, 6) is 0. The summed E-state index contributed by atoms with van der Waals surface area (Å²) in [5.41, 5.74) is 0.0446. The van der Waals surface area contributed by atoms with Gasteiger partial charge >= 0.3 is 6.18 Å². The minimum absolute atomic E-state index is 0.455. The van der Waals surface area contributed by atoms with Crippen molar-refractivity contribution in [3.8, 4) is 0 Å². The standard InChI is InChI=1S/C12H10F3N/c13-12(14,15)11-5-3-4-10(8-11)9-16-6-1-2-7-16/h1-8H,9H2. The Balaban J connectivity index is 2.23. The molecule has 0 N–H and O–H groups in total. The van der Waals surface area contributed by atoms with Crippen LogP contribution in [-0.2, 0) is 12.7 Å². The van der Waals surface area contributed by atoms with Gasteiger partial charge in [-0.15, -0.1) is 0 Å². The van der Waals surface area contributed by atoms with Crippen LogP contribution in [0.3, 0.4) is 0 Å². The molecule has 1 aromatic heterocycles. The molecule has 0 unspecified atom stereocenters. The first-order chi connectivity index (χ1) is 7.55. The van der Waals surface area contributed by atoms with E-state index in [1.54, 1.807) is 6.07 Å². The molecule has 1 aromatic carbocycles. The largest absolute Gasteiger partial charge is 0.416 e. The molecule has 0 saturated carbocycles. The van der Waals surface area contributed by atoms with Crippen LogP contribution in [0.2, 0.25) is 0 Å². The van der Waals surface area contributed by atoms with Crippen molar-refractivity contribution in [3.63, 3.8) is 0 Å². The van der Waals surface area contributed by atoms with Gasteiger partial charge in [-0.25, -0.2) is 0 Å². The van der Waals surface area contributed by atoms with Gasteiger partial charge in [0.05, 0.1) is 5.56 Å². The van der Waals surface area contributed by atoms with Crippen molar-refractivity contribution in [1.82, 2.24) is 4.57 Å². The van der Waals surface area contributed by atoms with Crippen molar-refractivity contribution in [2.75, 3.05) is 0 Å². The Morgan fingerprint density at radius 3 is 2.31 bits per heavy atom. The average molecular weight is 225 g/mol. The summed E-state index contributed by atoms with van der Waals surface area (Å²) in [6, 6.07) is 9.07. The summed E-state index contributed by atoms with van der Waals surface area (Å²) in [6.45, 7) is 0.455. The molecular formula is C12H10F3N. The van der Waals surface area contributed by atoms with Crippen molar-refractivity contribution in [3.05, 3.63) is 59.9 Å². The highest BCUT2D eigenvalue weighted by Gasteiger charge is 2.30. The van der Waals surface area contributed by atoms with Crippen LogP contribution in [0.15, 0.2) is 48.8 Å². The molecule has 84 valence electrons. The molecule has 1 nitrogen and oxygen atoms in total. The smallest absolute Gasteiger partial charge is 0.350 e. The van der Waals surface area contributed by atoms with Crippen molar-refractivity contribution in [2.45, 2.75) is 12.7 Å². The Morgan fingerprint density at radius 1 is 1.00 bits per heavy atom. The molecule has 0 atom stereocenters. The van der Waals surface area contributed by atoms with Gasteiger partial charge in [0, 0.05) is 18.9 Å². The molecule has 1 heterocycles. The van der Waals surface area contributed by atoms with Crippen LogP contribution in [0.1, 0.15) is 11.1 Å². The molecule has 0 saturated heterocycles. The van der Waals surface area contributed by atoms with E-state index >= 15 is 0 Å². The first-order valence-corrected chi connectivity index (χ1v) is 4.82. The van der Waals surface area contributed by atoms with E-state index in [1.807, 2.05) is 29.1 Å². The number of hydrogen-bond acceptors (Lipinski definition) is 0. The lowest BCUT2D eigenvalue weighted by atomic mass is 10.1. The molecule has 4 heteroatoms. The van der Waals surface area contributed by atoms with Gasteiger partial charge in [-0.3, -0.25) is 0 Å². The normalized spacial score (nSPS) is 11.7. The number of nitrogens with zero attached hydrogens (tertiary/aromatic N) is 1. The molecule has 0 spiro atoms. The molecule has 0 amide bonds. The first-order valence-electron chi connectivity index (χ1n) is 4.82. The maximum Gasteiger partial charge on any atom is 0.416 e. The summed E-state index contributed by atoms with van der Waals surface area (Å²) in [5, 5.41) is 0. The molecule has 2 aromatic rings. The predicted octanol–water partition coefficient (Wildman–Crippen LogP) is 3.56. The molecule has 16 heavy (non-hydrogen) atoms. The van der Waals surface area contributed by atoms with Gasteiger partial charge in [0.2, 0.25) is 0 Å². The number of rotatable bonds is 2. The zero-order chi connectivity index (χ0) is 11.6. The minimum atomic E-state index is -4.27. The highest BCUT2D eigenvalue weighted by Crippen LogP contribution is 2.29.